The Morgan fingerprint density at radius 2 is 2.11 bits per heavy atom. The average molecular weight is 263 g/mol. The number of rotatable bonds is 3. The summed E-state index contributed by atoms with van der Waals surface area (Å²) in [4.78, 5) is 13.7. The van der Waals surface area contributed by atoms with Crippen LogP contribution in [0.25, 0.3) is 0 Å². The second kappa shape index (κ2) is 5.19. The Hall–Kier alpha value is -1.58. The fourth-order valence-electron chi connectivity index (χ4n) is 2.54. The van der Waals surface area contributed by atoms with Gasteiger partial charge < -0.3 is 4.74 Å². The van der Waals surface area contributed by atoms with E-state index in [0.29, 0.717) is 18.9 Å². The molecule has 102 valence electrons. The molecule has 0 spiro atoms. The molecule has 0 aromatic heterocycles. The molecule has 1 amide bonds. The maximum Gasteiger partial charge on any atom is 0.414 e. The van der Waals surface area contributed by atoms with Crippen molar-refractivity contribution in [3.63, 3.8) is 0 Å². The van der Waals surface area contributed by atoms with Crippen molar-refractivity contribution < 1.29 is 13.9 Å². The summed E-state index contributed by atoms with van der Waals surface area (Å²) in [6.07, 6.45) is 3.34. The third-order valence-corrected chi connectivity index (χ3v) is 3.88. The zero-order chi connectivity index (χ0) is 13.2. The van der Waals surface area contributed by atoms with E-state index in [4.69, 9.17) is 4.74 Å². The highest BCUT2D eigenvalue weighted by atomic mass is 19.1. The molecule has 3 rings (SSSR count). The van der Waals surface area contributed by atoms with Crippen molar-refractivity contribution in [2.75, 3.05) is 18.2 Å². The Morgan fingerprint density at radius 1 is 1.32 bits per heavy atom. The highest BCUT2D eigenvalue weighted by molar-refractivity contribution is 5.90. The van der Waals surface area contributed by atoms with E-state index >= 15 is 0 Å². The highest BCUT2D eigenvalue weighted by Crippen LogP contribution is 2.33. The van der Waals surface area contributed by atoms with Crippen molar-refractivity contribution in [3.8, 4) is 0 Å². The molecule has 4 heteroatoms. The Labute approximate surface area is 112 Å². The Kier molecular flexibility index (Phi) is 3.40. The van der Waals surface area contributed by atoms with E-state index < -0.39 is 12.8 Å². The number of aryl methyl sites for hydroxylation is 1. The molecule has 1 atom stereocenters. The van der Waals surface area contributed by atoms with E-state index in [1.54, 1.807) is 0 Å². The van der Waals surface area contributed by atoms with Crippen LogP contribution in [0.3, 0.4) is 0 Å². The molecular formula is C15H18FNO2. The van der Waals surface area contributed by atoms with Crippen molar-refractivity contribution in [2.24, 2.45) is 5.92 Å². The van der Waals surface area contributed by atoms with Gasteiger partial charge in [0.25, 0.3) is 0 Å². The molecule has 0 radical (unpaired) electrons. The van der Waals surface area contributed by atoms with Gasteiger partial charge in [-0.05, 0) is 43.2 Å². The first kappa shape index (κ1) is 12.5. The summed E-state index contributed by atoms with van der Waals surface area (Å²) in [5.74, 6) is 0.521. The lowest BCUT2D eigenvalue weighted by molar-refractivity contribution is 0.143. The van der Waals surface area contributed by atoms with Crippen LogP contribution in [0.2, 0.25) is 0 Å². The van der Waals surface area contributed by atoms with Gasteiger partial charge in [-0.3, -0.25) is 4.90 Å². The molecule has 1 aliphatic carbocycles. The van der Waals surface area contributed by atoms with Gasteiger partial charge in [-0.15, -0.1) is 0 Å². The molecule has 1 heterocycles. The lowest BCUT2D eigenvalue weighted by Crippen LogP contribution is -2.45. The molecule has 1 unspecified atom stereocenters. The molecule has 0 bridgehead atoms. The van der Waals surface area contributed by atoms with Crippen LogP contribution in [-0.2, 0) is 11.2 Å². The third-order valence-electron chi connectivity index (χ3n) is 3.88. The van der Waals surface area contributed by atoms with Gasteiger partial charge in [0.15, 0.2) is 0 Å². The van der Waals surface area contributed by atoms with Crippen molar-refractivity contribution >= 4 is 11.8 Å². The first-order chi connectivity index (χ1) is 9.29. The smallest absolute Gasteiger partial charge is 0.414 e. The number of halogens is 1. The van der Waals surface area contributed by atoms with E-state index in [-0.39, 0.29) is 6.04 Å². The fraction of sp³-hybridized carbons (Fsp3) is 0.533. The maximum atomic E-state index is 13.1. The minimum atomic E-state index is -0.521. The quantitative estimate of drug-likeness (QED) is 0.837. The molecule has 1 aliphatic heterocycles. The van der Waals surface area contributed by atoms with Crippen LogP contribution in [-0.4, -0.2) is 25.4 Å². The summed E-state index contributed by atoms with van der Waals surface area (Å²) >= 11 is 0. The lowest BCUT2D eigenvalue weighted by atomic mass is 9.97. The van der Waals surface area contributed by atoms with Gasteiger partial charge >= 0.3 is 6.09 Å². The van der Waals surface area contributed by atoms with Crippen molar-refractivity contribution in [1.82, 2.24) is 0 Å². The number of fused-ring (bicyclic) bond motifs is 1. The van der Waals surface area contributed by atoms with Gasteiger partial charge in [-0.1, -0.05) is 18.2 Å². The molecular weight excluding hydrogens is 245 g/mol. The van der Waals surface area contributed by atoms with E-state index in [0.717, 1.165) is 30.5 Å². The van der Waals surface area contributed by atoms with Crippen molar-refractivity contribution in [3.05, 3.63) is 29.8 Å². The van der Waals surface area contributed by atoms with Crippen LogP contribution in [0.4, 0.5) is 14.9 Å². The van der Waals surface area contributed by atoms with Gasteiger partial charge in [0, 0.05) is 0 Å². The summed E-state index contributed by atoms with van der Waals surface area (Å²) < 4.78 is 18.5. The lowest BCUT2D eigenvalue weighted by Gasteiger charge is -2.34. The number of amides is 1. The number of nitrogens with zero attached hydrogens (tertiary/aromatic N) is 1. The SMILES string of the molecule is O=C(OCC1CC1)N1c2ccccc2CCC1CF. The number of hydrogen-bond acceptors (Lipinski definition) is 2. The standard InChI is InChI=1S/C15H18FNO2/c16-9-13-8-7-12-3-1-2-4-14(12)17(13)15(18)19-10-11-5-6-11/h1-4,11,13H,5-10H2. The van der Waals surface area contributed by atoms with Crippen LogP contribution >= 0.6 is 0 Å². The van der Waals surface area contributed by atoms with Crippen LogP contribution in [0.1, 0.15) is 24.8 Å². The number of hydrogen-bond donors (Lipinski definition) is 0. The number of anilines is 1. The first-order valence-corrected chi connectivity index (χ1v) is 6.89. The zero-order valence-electron chi connectivity index (χ0n) is 10.8. The first-order valence-electron chi connectivity index (χ1n) is 6.89. The predicted molar refractivity (Wildman–Crippen MR) is 71.1 cm³/mol. The summed E-state index contributed by atoms with van der Waals surface area (Å²) in [5, 5.41) is 0. The number of benzene rings is 1. The van der Waals surface area contributed by atoms with Crippen molar-refractivity contribution in [2.45, 2.75) is 31.7 Å². The molecule has 1 saturated carbocycles. The second-order valence-corrected chi connectivity index (χ2v) is 5.37. The second-order valence-electron chi connectivity index (χ2n) is 5.37. The van der Waals surface area contributed by atoms with Gasteiger partial charge in [0.2, 0.25) is 0 Å². The summed E-state index contributed by atoms with van der Waals surface area (Å²) in [5.41, 5.74) is 1.90. The van der Waals surface area contributed by atoms with Crippen LogP contribution in [0, 0.1) is 5.92 Å². The Bertz CT molecular complexity index is 473. The summed E-state index contributed by atoms with van der Waals surface area (Å²) in [7, 11) is 0. The maximum absolute atomic E-state index is 13.1. The monoisotopic (exact) mass is 263 g/mol. The van der Waals surface area contributed by atoms with E-state index in [1.807, 2.05) is 24.3 Å². The van der Waals surface area contributed by atoms with E-state index in [1.165, 1.54) is 4.90 Å². The van der Waals surface area contributed by atoms with Crippen LogP contribution in [0.15, 0.2) is 24.3 Å². The number of para-hydroxylation sites is 1. The Balaban J connectivity index is 1.80. The average Bonchev–Trinajstić information content (AvgIpc) is 3.27. The van der Waals surface area contributed by atoms with Gasteiger partial charge in [-0.25, -0.2) is 9.18 Å². The van der Waals surface area contributed by atoms with E-state index in [2.05, 4.69) is 0 Å². The predicted octanol–water partition coefficient (Wildman–Crippen LogP) is 3.32. The van der Waals surface area contributed by atoms with Gasteiger partial charge in [0.05, 0.1) is 18.3 Å². The van der Waals surface area contributed by atoms with Crippen LogP contribution < -0.4 is 4.90 Å². The normalized spacial score (nSPS) is 21.9. The molecule has 1 aromatic carbocycles. The highest BCUT2D eigenvalue weighted by Gasteiger charge is 2.33. The molecule has 2 aliphatic rings. The summed E-state index contributed by atoms with van der Waals surface area (Å²) in [6.45, 7) is -0.0522. The molecule has 1 fully saturated rings. The number of carbonyl (C=O) groups is 1. The number of carbonyl (C=O) groups excluding carboxylic acids is 1. The molecule has 3 nitrogen and oxygen atoms in total. The number of ether oxygens (including phenoxy) is 1. The summed E-state index contributed by atoms with van der Waals surface area (Å²) in [6, 6.07) is 7.30. The largest absolute Gasteiger partial charge is 0.449 e. The van der Waals surface area contributed by atoms with Crippen LogP contribution in [0.5, 0.6) is 0 Å². The zero-order valence-corrected chi connectivity index (χ0v) is 10.8. The topological polar surface area (TPSA) is 29.5 Å². The number of alkyl halides is 1. The van der Waals surface area contributed by atoms with Gasteiger partial charge in [0.1, 0.15) is 6.67 Å². The molecule has 19 heavy (non-hydrogen) atoms. The molecule has 1 aromatic rings. The molecule has 0 N–H and O–H groups in total. The van der Waals surface area contributed by atoms with E-state index in [9.17, 15) is 9.18 Å². The third kappa shape index (κ3) is 2.57. The fourth-order valence-corrected chi connectivity index (χ4v) is 2.54. The molecule has 0 saturated heterocycles. The Morgan fingerprint density at radius 3 is 2.84 bits per heavy atom. The minimum Gasteiger partial charge on any atom is -0.449 e. The minimum absolute atomic E-state index is 0.387. The van der Waals surface area contributed by atoms with Gasteiger partial charge in [-0.2, -0.15) is 0 Å². The van der Waals surface area contributed by atoms with Crippen molar-refractivity contribution in [1.29, 1.82) is 0 Å².